The van der Waals surface area contributed by atoms with E-state index in [9.17, 15) is 4.57 Å². The first-order chi connectivity index (χ1) is 9.49. The van der Waals surface area contributed by atoms with E-state index < -0.39 is 18.0 Å². The molecular weight excluding hydrogens is 305 g/mol. The fourth-order valence-electron chi connectivity index (χ4n) is 2.21. The van der Waals surface area contributed by atoms with Gasteiger partial charge in [0.05, 0.1) is 11.2 Å². The third-order valence-electron chi connectivity index (χ3n) is 2.88. The zero-order chi connectivity index (χ0) is 16.1. The van der Waals surface area contributed by atoms with Crippen LogP contribution < -0.4 is 0 Å². The van der Waals surface area contributed by atoms with Crippen molar-refractivity contribution in [2.75, 3.05) is 25.4 Å². The molecule has 0 bridgehead atoms. The fraction of sp³-hybridized carbons (Fsp3) is 1.00. The molecule has 0 amide bonds. The van der Waals surface area contributed by atoms with Gasteiger partial charge >= 0.3 is 6.80 Å². The molecule has 0 atom stereocenters. The lowest BCUT2D eigenvalue weighted by Gasteiger charge is -2.32. The van der Waals surface area contributed by atoms with Crippen LogP contribution in [-0.2, 0) is 13.6 Å². The van der Waals surface area contributed by atoms with E-state index in [-0.39, 0.29) is 0 Å². The Balaban J connectivity index is 2.53. The van der Waals surface area contributed by atoms with E-state index in [4.69, 9.17) is 9.05 Å². The number of nitrogens with zero attached hydrogens (tertiary/aromatic N) is 1. The zero-order valence-electron chi connectivity index (χ0n) is 14.5. The van der Waals surface area contributed by atoms with Crippen LogP contribution in [0.3, 0.4) is 0 Å². The first-order valence-electron chi connectivity index (χ1n) is 7.88. The van der Waals surface area contributed by atoms with Crippen LogP contribution >= 0.6 is 18.2 Å². The van der Waals surface area contributed by atoms with Gasteiger partial charge in [0.25, 0.3) is 0 Å². The van der Waals surface area contributed by atoms with Crippen molar-refractivity contribution >= 4 is 18.2 Å². The van der Waals surface area contributed by atoms with Crippen LogP contribution in [0, 0.1) is 0 Å². The maximum atomic E-state index is 13.0. The van der Waals surface area contributed by atoms with Crippen LogP contribution in [0.2, 0.25) is 0 Å². The SMILES string of the molecule is CC(C)(C)OP(=O)(OC(C)(C)C)SCCN1CCCCC1. The van der Waals surface area contributed by atoms with E-state index in [1.807, 2.05) is 41.5 Å². The minimum absolute atomic E-state index is 0.473. The van der Waals surface area contributed by atoms with Crippen LogP contribution in [-0.4, -0.2) is 41.5 Å². The van der Waals surface area contributed by atoms with Gasteiger partial charge in [-0.1, -0.05) is 6.42 Å². The largest absolute Gasteiger partial charge is 0.390 e. The second kappa shape index (κ2) is 7.83. The van der Waals surface area contributed by atoms with Gasteiger partial charge in [-0.2, -0.15) is 0 Å². The Kier molecular flexibility index (Phi) is 7.27. The average molecular weight is 337 g/mol. The van der Waals surface area contributed by atoms with Gasteiger partial charge in [-0.15, -0.1) is 0 Å². The summed E-state index contributed by atoms with van der Waals surface area (Å²) in [7, 11) is 0. The molecule has 0 spiro atoms. The van der Waals surface area contributed by atoms with Crippen molar-refractivity contribution in [3.63, 3.8) is 0 Å². The van der Waals surface area contributed by atoms with E-state index >= 15 is 0 Å². The van der Waals surface area contributed by atoms with E-state index in [1.54, 1.807) is 0 Å². The standard InChI is InChI=1S/C15H32NO3PS/c1-14(2,3)18-20(17,19-15(4,5)6)21-13-12-16-10-8-7-9-11-16/h7-13H2,1-6H3. The summed E-state index contributed by atoms with van der Waals surface area (Å²) in [4.78, 5) is 2.44. The van der Waals surface area contributed by atoms with Crippen molar-refractivity contribution in [1.29, 1.82) is 0 Å². The molecule has 4 nitrogen and oxygen atoms in total. The third-order valence-corrected chi connectivity index (χ3v) is 7.04. The molecule has 126 valence electrons. The van der Waals surface area contributed by atoms with E-state index in [2.05, 4.69) is 4.90 Å². The second-order valence-corrected chi connectivity index (χ2v) is 11.6. The van der Waals surface area contributed by atoms with Crippen molar-refractivity contribution in [3.05, 3.63) is 0 Å². The fourth-order valence-corrected chi connectivity index (χ4v) is 6.83. The Morgan fingerprint density at radius 2 is 1.43 bits per heavy atom. The van der Waals surface area contributed by atoms with Gasteiger partial charge in [0.2, 0.25) is 0 Å². The van der Waals surface area contributed by atoms with Gasteiger partial charge in [0, 0.05) is 12.3 Å². The zero-order valence-corrected chi connectivity index (χ0v) is 16.2. The van der Waals surface area contributed by atoms with Crippen molar-refractivity contribution in [2.45, 2.75) is 72.0 Å². The quantitative estimate of drug-likeness (QED) is 0.642. The predicted octanol–water partition coefficient (Wildman–Crippen LogP) is 4.94. The molecule has 1 aliphatic rings. The maximum absolute atomic E-state index is 13.0. The van der Waals surface area contributed by atoms with Gasteiger partial charge in [-0.25, -0.2) is 4.57 Å². The number of hydrogen-bond donors (Lipinski definition) is 0. The van der Waals surface area contributed by atoms with Crippen LogP contribution in [0.5, 0.6) is 0 Å². The van der Waals surface area contributed by atoms with Gasteiger partial charge in [-0.05, 0) is 78.9 Å². The summed E-state index contributed by atoms with van der Waals surface area (Å²) < 4.78 is 24.5. The van der Waals surface area contributed by atoms with Gasteiger partial charge < -0.3 is 4.90 Å². The first kappa shape index (κ1) is 19.5. The van der Waals surface area contributed by atoms with E-state index in [1.165, 1.54) is 30.6 Å². The molecule has 21 heavy (non-hydrogen) atoms. The van der Waals surface area contributed by atoms with Gasteiger partial charge in [0.15, 0.2) is 0 Å². The molecule has 1 saturated heterocycles. The Morgan fingerprint density at radius 3 is 1.86 bits per heavy atom. The monoisotopic (exact) mass is 337 g/mol. The molecule has 0 radical (unpaired) electrons. The lowest BCUT2D eigenvalue weighted by molar-refractivity contribution is 0.0592. The molecule has 1 heterocycles. The summed E-state index contributed by atoms with van der Waals surface area (Å²) in [5.74, 6) is 0.781. The van der Waals surface area contributed by atoms with E-state index in [0.717, 1.165) is 25.4 Å². The molecule has 0 aliphatic carbocycles. The molecule has 0 aromatic rings. The van der Waals surface area contributed by atoms with Crippen molar-refractivity contribution in [2.24, 2.45) is 0 Å². The molecule has 0 unspecified atom stereocenters. The second-order valence-electron chi connectivity index (χ2n) is 7.59. The normalized spacial score (nSPS) is 19.0. The molecule has 0 N–H and O–H groups in total. The summed E-state index contributed by atoms with van der Waals surface area (Å²) in [6.45, 7) is 11.6. The highest BCUT2D eigenvalue weighted by Crippen LogP contribution is 2.64. The minimum atomic E-state index is -3.14. The maximum Gasteiger partial charge on any atom is 0.390 e. The summed E-state index contributed by atoms with van der Waals surface area (Å²) in [5.41, 5.74) is -0.947. The highest BCUT2D eigenvalue weighted by atomic mass is 32.7. The summed E-state index contributed by atoms with van der Waals surface area (Å²) >= 11 is 1.34. The molecule has 1 rings (SSSR count). The number of likely N-dealkylation sites (tertiary alicyclic amines) is 1. The average Bonchev–Trinajstić information content (AvgIpc) is 2.24. The lowest BCUT2D eigenvalue weighted by Crippen LogP contribution is -2.31. The Bertz CT molecular complexity index is 337. The molecule has 0 aromatic carbocycles. The highest BCUT2D eigenvalue weighted by Gasteiger charge is 2.36. The summed E-state index contributed by atoms with van der Waals surface area (Å²) in [6.07, 6.45) is 3.89. The molecule has 1 fully saturated rings. The number of piperidine rings is 1. The minimum Gasteiger partial charge on any atom is -0.303 e. The molecule has 0 aromatic heterocycles. The Morgan fingerprint density at radius 1 is 0.952 bits per heavy atom. The van der Waals surface area contributed by atoms with E-state index in [0.29, 0.717) is 0 Å². The van der Waals surface area contributed by atoms with Crippen molar-refractivity contribution in [1.82, 2.24) is 4.90 Å². The predicted molar refractivity (Wildman–Crippen MR) is 92.0 cm³/mol. The molecule has 6 heteroatoms. The lowest BCUT2D eigenvalue weighted by atomic mass is 10.1. The number of hydrogen-bond acceptors (Lipinski definition) is 5. The smallest absolute Gasteiger partial charge is 0.303 e. The van der Waals surface area contributed by atoms with Crippen LogP contribution in [0.25, 0.3) is 0 Å². The van der Waals surface area contributed by atoms with Crippen LogP contribution in [0.4, 0.5) is 0 Å². The third kappa shape index (κ3) is 9.25. The summed E-state index contributed by atoms with van der Waals surface area (Å²) in [6, 6.07) is 0. The van der Waals surface area contributed by atoms with Crippen molar-refractivity contribution in [3.8, 4) is 0 Å². The number of rotatable bonds is 6. The van der Waals surface area contributed by atoms with Crippen LogP contribution in [0.15, 0.2) is 0 Å². The highest BCUT2D eigenvalue weighted by molar-refractivity contribution is 8.55. The van der Waals surface area contributed by atoms with Gasteiger partial charge in [-0.3, -0.25) is 9.05 Å². The summed E-state index contributed by atoms with van der Waals surface area (Å²) in [5, 5.41) is 0. The molecule has 0 saturated carbocycles. The molecular formula is C15H32NO3PS. The Labute approximate surface area is 134 Å². The topological polar surface area (TPSA) is 38.8 Å². The first-order valence-corrected chi connectivity index (χ1v) is 11.0. The Hall–Kier alpha value is 0.460. The van der Waals surface area contributed by atoms with Crippen molar-refractivity contribution < 1.29 is 13.6 Å². The molecule has 1 aliphatic heterocycles. The van der Waals surface area contributed by atoms with Gasteiger partial charge in [0.1, 0.15) is 0 Å². The van der Waals surface area contributed by atoms with Crippen LogP contribution in [0.1, 0.15) is 60.8 Å².